The van der Waals surface area contributed by atoms with Crippen LogP contribution in [0.2, 0.25) is 0 Å². The molecule has 1 N–H and O–H groups in total. The van der Waals surface area contributed by atoms with Crippen molar-refractivity contribution in [2.45, 2.75) is 36.9 Å². The predicted octanol–water partition coefficient (Wildman–Crippen LogP) is 4.36. The minimum Gasteiger partial charge on any atom is -0.493 e. The van der Waals surface area contributed by atoms with Crippen molar-refractivity contribution < 1.29 is 18.7 Å². The molecule has 31 heavy (non-hydrogen) atoms. The van der Waals surface area contributed by atoms with Crippen LogP contribution >= 0.6 is 11.8 Å². The average Bonchev–Trinajstić information content (AvgIpc) is 3.19. The summed E-state index contributed by atoms with van der Waals surface area (Å²) in [6.07, 6.45) is 1.40. The number of hydrogen-bond donors (Lipinski definition) is 1. The molecule has 1 atom stereocenters. The lowest BCUT2D eigenvalue weighted by Gasteiger charge is -2.23. The Morgan fingerprint density at radius 2 is 2.00 bits per heavy atom. The number of nitriles is 1. The third-order valence-corrected chi connectivity index (χ3v) is 5.71. The number of ether oxygens (including phenoxy) is 2. The van der Waals surface area contributed by atoms with Crippen LogP contribution in [-0.2, 0) is 11.2 Å². The third kappa shape index (κ3) is 5.92. The number of aromatic nitrogens is 1. The van der Waals surface area contributed by atoms with E-state index in [0.29, 0.717) is 23.1 Å². The van der Waals surface area contributed by atoms with E-state index in [1.807, 2.05) is 30.3 Å². The van der Waals surface area contributed by atoms with E-state index in [-0.39, 0.29) is 12.3 Å². The molecule has 0 spiro atoms. The molecule has 1 heterocycles. The molecular weight excluding hydrogens is 414 g/mol. The number of carbonyl (C=O) groups is 1. The minimum atomic E-state index is -0.949. The van der Waals surface area contributed by atoms with E-state index in [2.05, 4.69) is 16.4 Å². The topological polar surface area (TPSA) is 97.4 Å². The summed E-state index contributed by atoms with van der Waals surface area (Å²) in [6.45, 7) is 1.74. The molecule has 2 aromatic carbocycles. The predicted molar refractivity (Wildman–Crippen MR) is 119 cm³/mol. The SMILES string of the molecule is COc1ccc(CC(=O)N[C@@](C)(C#N)CCCSc2nc3ccccc3o2)cc1OC. The fraction of sp³-hybridized carbons (Fsp3) is 0.348. The van der Waals surface area contributed by atoms with E-state index in [1.165, 1.54) is 11.8 Å². The van der Waals surface area contributed by atoms with Gasteiger partial charge in [-0.2, -0.15) is 5.26 Å². The lowest BCUT2D eigenvalue weighted by Crippen LogP contribution is -2.45. The molecule has 0 saturated carbocycles. The first kappa shape index (κ1) is 22.5. The number of rotatable bonds is 10. The molecule has 0 radical (unpaired) electrons. The summed E-state index contributed by atoms with van der Waals surface area (Å²) in [5.41, 5.74) is 1.42. The highest BCUT2D eigenvalue weighted by Crippen LogP contribution is 2.28. The maximum Gasteiger partial charge on any atom is 0.256 e. The van der Waals surface area contributed by atoms with Crippen LogP contribution in [0.5, 0.6) is 11.5 Å². The molecule has 0 unspecified atom stereocenters. The number of amides is 1. The van der Waals surface area contributed by atoms with Crippen LogP contribution in [0.15, 0.2) is 52.1 Å². The number of methoxy groups -OCH3 is 2. The van der Waals surface area contributed by atoms with Crippen molar-refractivity contribution in [3.05, 3.63) is 48.0 Å². The van der Waals surface area contributed by atoms with Gasteiger partial charge in [0, 0.05) is 5.75 Å². The second-order valence-corrected chi connectivity index (χ2v) is 8.30. The zero-order valence-corrected chi connectivity index (χ0v) is 18.6. The van der Waals surface area contributed by atoms with E-state index in [0.717, 1.165) is 28.8 Å². The second-order valence-electron chi connectivity index (χ2n) is 7.26. The number of hydrogen-bond acceptors (Lipinski definition) is 7. The van der Waals surface area contributed by atoms with Crippen molar-refractivity contribution >= 4 is 28.8 Å². The highest BCUT2D eigenvalue weighted by Gasteiger charge is 2.26. The van der Waals surface area contributed by atoms with Gasteiger partial charge in [-0.3, -0.25) is 4.79 Å². The molecule has 1 aromatic heterocycles. The van der Waals surface area contributed by atoms with Crippen LogP contribution in [0.1, 0.15) is 25.3 Å². The van der Waals surface area contributed by atoms with Gasteiger partial charge in [0.2, 0.25) is 5.91 Å². The van der Waals surface area contributed by atoms with Gasteiger partial charge in [-0.05, 0) is 49.6 Å². The van der Waals surface area contributed by atoms with E-state index in [1.54, 1.807) is 33.3 Å². The van der Waals surface area contributed by atoms with Crippen molar-refractivity contribution in [1.82, 2.24) is 10.3 Å². The Balaban J connectivity index is 1.50. The Bertz CT molecular complexity index is 1060. The first-order valence-electron chi connectivity index (χ1n) is 9.88. The van der Waals surface area contributed by atoms with Gasteiger partial charge in [0.15, 0.2) is 17.1 Å². The Morgan fingerprint density at radius 3 is 2.71 bits per heavy atom. The Labute approximate surface area is 185 Å². The summed E-state index contributed by atoms with van der Waals surface area (Å²) in [4.78, 5) is 17.0. The zero-order chi connectivity index (χ0) is 22.3. The van der Waals surface area contributed by atoms with E-state index in [9.17, 15) is 10.1 Å². The number of benzene rings is 2. The molecule has 3 aromatic rings. The number of carbonyl (C=O) groups excluding carboxylic acids is 1. The number of thioether (sulfide) groups is 1. The lowest BCUT2D eigenvalue weighted by atomic mass is 9.97. The van der Waals surface area contributed by atoms with Gasteiger partial charge in [-0.1, -0.05) is 30.0 Å². The zero-order valence-electron chi connectivity index (χ0n) is 17.8. The molecule has 3 rings (SSSR count). The first-order chi connectivity index (χ1) is 15.0. The monoisotopic (exact) mass is 439 g/mol. The van der Waals surface area contributed by atoms with Crippen molar-refractivity contribution in [1.29, 1.82) is 5.26 Å². The molecule has 1 amide bonds. The maximum atomic E-state index is 12.5. The summed E-state index contributed by atoms with van der Waals surface area (Å²) >= 11 is 1.50. The number of nitrogens with zero attached hydrogens (tertiary/aromatic N) is 2. The first-order valence-corrected chi connectivity index (χ1v) is 10.9. The van der Waals surface area contributed by atoms with Crippen LogP contribution in [0, 0.1) is 11.3 Å². The Kier molecular flexibility index (Phi) is 7.42. The van der Waals surface area contributed by atoms with Crippen LogP contribution in [0.3, 0.4) is 0 Å². The highest BCUT2D eigenvalue weighted by molar-refractivity contribution is 7.99. The molecule has 0 aliphatic carbocycles. The summed E-state index contributed by atoms with van der Waals surface area (Å²) in [5, 5.41) is 13.1. The van der Waals surface area contributed by atoms with Gasteiger partial charge in [-0.25, -0.2) is 4.98 Å². The molecule has 0 aliphatic rings. The molecule has 162 valence electrons. The number of fused-ring (bicyclic) bond motifs is 1. The smallest absolute Gasteiger partial charge is 0.256 e. The van der Waals surface area contributed by atoms with Crippen LogP contribution in [-0.4, -0.2) is 36.4 Å². The molecule has 7 nitrogen and oxygen atoms in total. The standard InChI is InChI=1S/C23H25N3O4S/c1-23(15-24,11-6-12-31-22-25-17-7-4-5-8-18(17)30-22)26-21(27)14-16-9-10-19(28-2)20(13-16)29-3/h4-5,7-10,13H,6,11-12,14H2,1-3H3,(H,26,27)/t23-/m1/s1. The molecular formula is C23H25N3O4S. The van der Waals surface area contributed by atoms with Crippen molar-refractivity contribution in [3.8, 4) is 17.6 Å². The van der Waals surface area contributed by atoms with E-state index >= 15 is 0 Å². The maximum absolute atomic E-state index is 12.5. The van der Waals surface area contributed by atoms with Gasteiger partial charge in [0.05, 0.1) is 26.7 Å². The molecule has 0 saturated heterocycles. The van der Waals surface area contributed by atoms with Crippen LogP contribution in [0.25, 0.3) is 11.1 Å². The minimum absolute atomic E-state index is 0.148. The van der Waals surface area contributed by atoms with E-state index < -0.39 is 5.54 Å². The number of oxazole rings is 1. The van der Waals surface area contributed by atoms with Gasteiger partial charge >= 0.3 is 0 Å². The second kappa shape index (κ2) is 10.2. The fourth-order valence-electron chi connectivity index (χ4n) is 3.17. The van der Waals surface area contributed by atoms with Crippen molar-refractivity contribution in [2.24, 2.45) is 0 Å². The highest BCUT2D eigenvalue weighted by atomic mass is 32.2. The summed E-state index contributed by atoms with van der Waals surface area (Å²) in [5.74, 6) is 1.68. The molecule has 0 aliphatic heterocycles. The largest absolute Gasteiger partial charge is 0.493 e. The quantitative estimate of drug-likeness (QED) is 0.370. The Morgan fingerprint density at radius 1 is 1.23 bits per heavy atom. The molecule has 8 heteroatoms. The van der Waals surface area contributed by atoms with Gasteiger partial charge in [0.25, 0.3) is 5.22 Å². The summed E-state index contributed by atoms with van der Waals surface area (Å²) < 4.78 is 16.2. The van der Waals surface area contributed by atoms with Gasteiger partial charge < -0.3 is 19.2 Å². The van der Waals surface area contributed by atoms with Crippen molar-refractivity contribution in [2.75, 3.05) is 20.0 Å². The normalized spacial score (nSPS) is 12.7. The van der Waals surface area contributed by atoms with Gasteiger partial charge in [-0.15, -0.1) is 0 Å². The van der Waals surface area contributed by atoms with Crippen LogP contribution < -0.4 is 14.8 Å². The number of para-hydroxylation sites is 2. The molecule has 0 bridgehead atoms. The third-order valence-electron chi connectivity index (χ3n) is 4.80. The van der Waals surface area contributed by atoms with Gasteiger partial charge in [0.1, 0.15) is 11.1 Å². The summed E-state index contributed by atoms with van der Waals surface area (Å²) in [7, 11) is 3.11. The Hall–Kier alpha value is -3.18. The van der Waals surface area contributed by atoms with Crippen LogP contribution in [0.4, 0.5) is 0 Å². The number of nitrogens with one attached hydrogen (secondary N) is 1. The van der Waals surface area contributed by atoms with Crippen molar-refractivity contribution in [3.63, 3.8) is 0 Å². The molecule has 0 fully saturated rings. The lowest BCUT2D eigenvalue weighted by molar-refractivity contribution is -0.121. The average molecular weight is 440 g/mol. The van der Waals surface area contributed by atoms with E-state index in [4.69, 9.17) is 13.9 Å². The summed E-state index contributed by atoms with van der Waals surface area (Å²) in [6, 6.07) is 15.2. The fourth-order valence-corrected chi connectivity index (χ4v) is 3.95.